The Hall–Kier alpha value is -1.94. The third kappa shape index (κ3) is 2.27. The summed E-state index contributed by atoms with van der Waals surface area (Å²) in [5.74, 6) is -0.200. The molecule has 0 aromatic heterocycles. The van der Waals surface area contributed by atoms with Gasteiger partial charge in [0.1, 0.15) is 5.02 Å². The maximum absolute atomic E-state index is 14.1. The first-order chi connectivity index (χ1) is 9.58. The predicted octanol–water partition coefficient (Wildman–Crippen LogP) is 3.61. The average molecular weight is 292 g/mol. The molecule has 3 rings (SSSR count). The van der Waals surface area contributed by atoms with Crippen LogP contribution in [0.4, 0.5) is 21.5 Å². The summed E-state index contributed by atoms with van der Waals surface area (Å²) in [5.41, 5.74) is 13.3. The van der Waals surface area contributed by atoms with E-state index in [2.05, 4.69) is 17.4 Å². The molecule has 1 fully saturated rings. The monoisotopic (exact) mass is 291 g/mol. The first kappa shape index (κ1) is 13.1. The van der Waals surface area contributed by atoms with Gasteiger partial charge >= 0.3 is 0 Å². The van der Waals surface area contributed by atoms with Crippen LogP contribution in [0.25, 0.3) is 0 Å². The molecule has 20 heavy (non-hydrogen) atoms. The molecular formula is C15H15ClFN3. The van der Waals surface area contributed by atoms with Crippen LogP contribution in [-0.4, -0.2) is 6.04 Å². The largest absolute Gasteiger partial charge is 0.397 e. The van der Waals surface area contributed by atoms with Gasteiger partial charge in [-0.1, -0.05) is 41.9 Å². The van der Waals surface area contributed by atoms with Gasteiger partial charge in [-0.15, -0.1) is 0 Å². The van der Waals surface area contributed by atoms with Gasteiger partial charge < -0.3 is 16.8 Å². The van der Waals surface area contributed by atoms with Crippen LogP contribution in [0.15, 0.2) is 36.4 Å². The smallest absolute Gasteiger partial charge is 0.169 e. The van der Waals surface area contributed by atoms with Crippen molar-refractivity contribution >= 4 is 28.7 Å². The third-order valence-electron chi connectivity index (χ3n) is 3.61. The number of benzene rings is 2. The maximum Gasteiger partial charge on any atom is 0.169 e. The molecule has 0 saturated heterocycles. The Kier molecular flexibility index (Phi) is 3.18. The Bertz CT molecular complexity index is 645. The first-order valence-corrected chi connectivity index (χ1v) is 6.80. The van der Waals surface area contributed by atoms with Gasteiger partial charge in [-0.25, -0.2) is 4.39 Å². The molecule has 2 aromatic carbocycles. The molecule has 0 bridgehead atoms. The highest BCUT2D eigenvalue weighted by molar-refractivity contribution is 6.33. The van der Waals surface area contributed by atoms with Crippen LogP contribution in [0.3, 0.4) is 0 Å². The fourth-order valence-electron chi connectivity index (χ4n) is 2.42. The summed E-state index contributed by atoms with van der Waals surface area (Å²) >= 11 is 5.82. The van der Waals surface area contributed by atoms with E-state index in [1.54, 1.807) is 0 Å². The van der Waals surface area contributed by atoms with E-state index in [1.165, 1.54) is 11.6 Å². The van der Waals surface area contributed by atoms with Gasteiger partial charge in [0.2, 0.25) is 0 Å². The van der Waals surface area contributed by atoms with Crippen molar-refractivity contribution in [3.8, 4) is 0 Å². The zero-order valence-electron chi connectivity index (χ0n) is 10.7. The molecule has 1 aliphatic carbocycles. The molecule has 2 atom stereocenters. The van der Waals surface area contributed by atoms with Crippen LogP contribution < -0.4 is 16.8 Å². The van der Waals surface area contributed by atoms with Crippen LogP contribution in [-0.2, 0) is 0 Å². The van der Waals surface area contributed by atoms with Gasteiger partial charge in [-0.05, 0) is 18.1 Å². The van der Waals surface area contributed by atoms with Crippen molar-refractivity contribution in [1.82, 2.24) is 0 Å². The quantitative estimate of drug-likeness (QED) is 0.757. The second-order valence-electron chi connectivity index (χ2n) is 5.06. The molecule has 104 valence electrons. The second kappa shape index (κ2) is 4.87. The van der Waals surface area contributed by atoms with Crippen molar-refractivity contribution in [2.24, 2.45) is 0 Å². The van der Waals surface area contributed by atoms with E-state index in [1.807, 2.05) is 18.2 Å². The van der Waals surface area contributed by atoms with E-state index >= 15 is 0 Å². The average Bonchev–Trinajstić information content (AvgIpc) is 3.22. The number of rotatable bonds is 3. The number of nitrogens with one attached hydrogen (secondary N) is 1. The molecule has 0 spiro atoms. The highest BCUT2D eigenvalue weighted by Crippen LogP contribution is 2.45. The Labute approximate surface area is 121 Å². The molecule has 1 aliphatic rings. The molecule has 5 N–H and O–H groups in total. The van der Waals surface area contributed by atoms with Crippen LogP contribution >= 0.6 is 11.6 Å². The zero-order valence-corrected chi connectivity index (χ0v) is 11.5. The Balaban J connectivity index is 1.79. The SMILES string of the molecule is Nc1cc(N)c(NC2CC2c2ccccc2)c(F)c1Cl. The van der Waals surface area contributed by atoms with E-state index in [-0.39, 0.29) is 28.1 Å². The van der Waals surface area contributed by atoms with Gasteiger partial charge in [0, 0.05) is 12.0 Å². The first-order valence-electron chi connectivity index (χ1n) is 6.42. The number of nitrogens with two attached hydrogens (primary N) is 2. The summed E-state index contributed by atoms with van der Waals surface area (Å²) < 4.78 is 14.1. The molecule has 1 saturated carbocycles. The van der Waals surface area contributed by atoms with E-state index in [0.29, 0.717) is 5.92 Å². The second-order valence-corrected chi connectivity index (χ2v) is 5.44. The fourth-order valence-corrected chi connectivity index (χ4v) is 2.57. The molecule has 0 amide bonds. The normalized spacial score (nSPS) is 20.7. The number of halogens is 2. The number of anilines is 3. The minimum atomic E-state index is -0.581. The van der Waals surface area contributed by atoms with Gasteiger partial charge in [0.15, 0.2) is 5.82 Å². The topological polar surface area (TPSA) is 64.1 Å². The van der Waals surface area contributed by atoms with Gasteiger partial charge in [0.05, 0.1) is 17.1 Å². The minimum Gasteiger partial charge on any atom is -0.397 e. The zero-order chi connectivity index (χ0) is 14.3. The molecule has 2 unspecified atom stereocenters. The predicted molar refractivity (Wildman–Crippen MR) is 81.4 cm³/mol. The Morgan fingerprint density at radius 3 is 2.55 bits per heavy atom. The number of hydrogen-bond donors (Lipinski definition) is 3. The van der Waals surface area contributed by atoms with E-state index in [0.717, 1.165) is 6.42 Å². The summed E-state index contributed by atoms with van der Waals surface area (Å²) in [7, 11) is 0. The lowest BCUT2D eigenvalue weighted by molar-refractivity contribution is 0.631. The van der Waals surface area contributed by atoms with Crippen molar-refractivity contribution in [2.45, 2.75) is 18.4 Å². The summed E-state index contributed by atoms with van der Waals surface area (Å²) in [6, 6.07) is 11.8. The standard InChI is InChI=1S/C15H15ClFN3/c16-13-10(18)7-11(19)15(14(13)17)20-12-6-9(12)8-4-2-1-3-5-8/h1-5,7,9,12,20H,6,18-19H2. The summed E-state index contributed by atoms with van der Waals surface area (Å²) in [5, 5.41) is 3.04. The highest BCUT2D eigenvalue weighted by atomic mass is 35.5. The molecule has 0 heterocycles. The Morgan fingerprint density at radius 2 is 1.85 bits per heavy atom. The maximum atomic E-state index is 14.1. The van der Waals surface area contributed by atoms with Crippen molar-refractivity contribution in [3.63, 3.8) is 0 Å². The van der Waals surface area contributed by atoms with E-state index in [9.17, 15) is 4.39 Å². The summed E-state index contributed by atoms with van der Waals surface area (Å²) in [4.78, 5) is 0. The third-order valence-corrected chi connectivity index (χ3v) is 4.00. The highest BCUT2D eigenvalue weighted by Gasteiger charge is 2.39. The van der Waals surface area contributed by atoms with Crippen LogP contribution in [0.2, 0.25) is 5.02 Å². The molecule has 2 aromatic rings. The van der Waals surface area contributed by atoms with Crippen molar-refractivity contribution in [3.05, 3.63) is 52.8 Å². The summed E-state index contributed by atoms with van der Waals surface area (Å²) in [6.07, 6.45) is 0.949. The Morgan fingerprint density at radius 1 is 1.15 bits per heavy atom. The fraction of sp³-hybridized carbons (Fsp3) is 0.200. The lowest BCUT2D eigenvalue weighted by Crippen LogP contribution is -2.09. The van der Waals surface area contributed by atoms with Crippen LogP contribution in [0.1, 0.15) is 17.9 Å². The lowest BCUT2D eigenvalue weighted by Gasteiger charge is -2.13. The van der Waals surface area contributed by atoms with E-state index in [4.69, 9.17) is 23.1 Å². The molecule has 3 nitrogen and oxygen atoms in total. The van der Waals surface area contributed by atoms with Crippen molar-refractivity contribution < 1.29 is 4.39 Å². The van der Waals surface area contributed by atoms with Crippen LogP contribution in [0.5, 0.6) is 0 Å². The summed E-state index contributed by atoms with van der Waals surface area (Å²) in [6.45, 7) is 0. The molecular weight excluding hydrogens is 277 g/mol. The van der Waals surface area contributed by atoms with Crippen LogP contribution in [0, 0.1) is 5.82 Å². The molecule has 0 radical (unpaired) electrons. The van der Waals surface area contributed by atoms with Crippen molar-refractivity contribution in [2.75, 3.05) is 16.8 Å². The number of nitrogen functional groups attached to an aromatic ring is 2. The minimum absolute atomic E-state index is 0.0846. The van der Waals surface area contributed by atoms with E-state index < -0.39 is 5.82 Å². The molecule has 5 heteroatoms. The van der Waals surface area contributed by atoms with Crippen molar-refractivity contribution in [1.29, 1.82) is 0 Å². The van der Waals surface area contributed by atoms with Gasteiger partial charge in [-0.3, -0.25) is 0 Å². The lowest BCUT2D eigenvalue weighted by atomic mass is 10.1. The van der Waals surface area contributed by atoms with Gasteiger partial charge in [0.25, 0.3) is 0 Å². The number of hydrogen-bond acceptors (Lipinski definition) is 3. The van der Waals surface area contributed by atoms with Gasteiger partial charge in [-0.2, -0.15) is 0 Å². The molecule has 0 aliphatic heterocycles.